The number of anilines is 1. The number of nitrogens with two attached hydrogens (primary N) is 1. The molecule has 4 aromatic rings. The van der Waals surface area contributed by atoms with Gasteiger partial charge in [0, 0.05) is 62.0 Å². The predicted octanol–water partition coefficient (Wildman–Crippen LogP) is 5.25. The van der Waals surface area contributed by atoms with Gasteiger partial charge in [-0.05, 0) is 54.9 Å². The number of halogens is 4. The lowest BCUT2D eigenvalue weighted by Crippen LogP contribution is -2.44. The summed E-state index contributed by atoms with van der Waals surface area (Å²) in [4.78, 5) is 25.2. The van der Waals surface area contributed by atoms with Crippen LogP contribution in [0.1, 0.15) is 43.7 Å². The minimum Gasteiger partial charge on any atom is -0.368 e. The zero-order valence-electron chi connectivity index (χ0n) is 23.2. The van der Waals surface area contributed by atoms with Crippen LogP contribution in [0.5, 0.6) is 0 Å². The molecule has 0 unspecified atom stereocenters. The number of Topliss-reactive ketones (excluding diaryl/α,β-unsaturated/α-hetero) is 1. The van der Waals surface area contributed by atoms with E-state index in [1.165, 1.54) is 18.3 Å². The number of hydrogen-bond acceptors (Lipinski definition) is 6. The van der Waals surface area contributed by atoms with Crippen molar-refractivity contribution in [2.24, 2.45) is 0 Å². The maximum atomic E-state index is 14.5. The number of ketones is 1. The number of nitrogens with zero attached hydrogens (tertiary/aromatic N) is 4. The molecule has 5 rings (SSSR count). The Labute approximate surface area is 241 Å². The summed E-state index contributed by atoms with van der Waals surface area (Å²) in [5.74, 6) is 5.02. The topological polar surface area (TPSA) is 75.4 Å². The number of rotatable bonds is 5. The van der Waals surface area contributed by atoms with Crippen LogP contribution < -0.4 is 5.73 Å². The fourth-order valence-electron chi connectivity index (χ4n) is 4.92. The quantitative estimate of drug-likeness (QED) is 0.199. The monoisotopic (exact) mass is 575 g/mol. The number of benzene rings is 3. The minimum atomic E-state index is -4.53. The van der Waals surface area contributed by atoms with Gasteiger partial charge in [0.2, 0.25) is 5.95 Å². The molecule has 1 aliphatic heterocycles. The number of likely N-dealkylation sites (N-methyl/N-ethyl adjacent to an activating group) is 1. The number of carbonyl (C=O) groups excluding carboxylic acids is 1. The first-order valence-corrected chi connectivity index (χ1v) is 13.4. The van der Waals surface area contributed by atoms with Gasteiger partial charge in [-0.3, -0.25) is 9.69 Å². The average molecular weight is 576 g/mol. The summed E-state index contributed by atoms with van der Waals surface area (Å²) in [5.41, 5.74) is 7.74. The molecule has 2 heterocycles. The van der Waals surface area contributed by atoms with Crippen molar-refractivity contribution in [3.63, 3.8) is 0 Å². The molecule has 1 aliphatic rings. The van der Waals surface area contributed by atoms with Crippen molar-refractivity contribution in [1.82, 2.24) is 19.8 Å². The molecule has 1 aromatic heterocycles. The van der Waals surface area contributed by atoms with Gasteiger partial charge in [-0.2, -0.15) is 13.2 Å². The van der Waals surface area contributed by atoms with Gasteiger partial charge in [-0.25, -0.2) is 14.4 Å². The van der Waals surface area contributed by atoms with E-state index < -0.39 is 17.6 Å². The van der Waals surface area contributed by atoms with Gasteiger partial charge in [0.15, 0.2) is 5.78 Å². The van der Waals surface area contributed by atoms with Gasteiger partial charge in [0.1, 0.15) is 5.82 Å². The number of aryl methyl sites for hydroxylation is 1. The van der Waals surface area contributed by atoms with E-state index in [-0.39, 0.29) is 41.2 Å². The predicted molar refractivity (Wildman–Crippen MR) is 153 cm³/mol. The van der Waals surface area contributed by atoms with Crippen molar-refractivity contribution < 1.29 is 22.4 Å². The maximum absolute atomic E-state index is 14.5. The van der Waals surface area contributed by atoms with Crippen LogP contribution >= 0.6 is 0 Å². The molecule has 1 saturated heterocycles. The molecule has 0 spiro atoms. The summed E-state index contributed by atoms with van der Waals surface area (Å²) in [7, 11) is 1.99. The van der Waals surface area contributed by atoms with E-state index in [0.717, 1.165) is 24.7 Å². The standard InChI is InChI=1S/C32H29F4N5O/c1-20-3-6-24(17-23(20)7-4-22-14-28(33)26-18-38-31(37)39-29(26)15-22)30(42)16-21-5-8-25(27(13-21)32(34,35)36)19-41-11-9-40(2)10-12-41/h3,5-6,8,13-15,17-18H,9-12,16,19H2,1-2H3,(H2,37,38,39). The molecule has 0 bridgehead atoms. The summed E-state index contributed by atoms with van der Waals surface area (Å²) in [6, 6.07) is 12.0. The highest BCUT2D eigenvalue weighted by Crippen LogP contribution is 2.34. The molecular weight excluding hydrogens is 546 g/mol. The molecule has 0 atom stereocenters. The summed E-state index contributed by atoms with van der Waals surface area (Å²) >= 11 is 0. The second-order valence-electron chi connectivity index (χ2n) is 10.6. The Morgan fingerprint density at radius 1 is 1.02 bits per heavy atom. The van der Waals surface area contributed by atoms with E-state index in [0.29, 0.717) is 35.3 Å². The number of fused-ring (bicyclic) bond motifs is 1. The number of carbonyl (C=O) groups is 1. The third kappa shape index (κ3) is 6.75. The van der Waals surface area contributed by atoms with Crippen molar-refractivity contribution >= 4 is 22.6 Å². The number of piperazine rings is 1. The Kier molecular flexibility index (Phi) is 8.25. The molecule has 10 heteroatoms. The Hall–Kier alpha value is -4.33. The van der Waals surface area contributed by atoms with Crippen molar-refractivity contribution in [2.75, 3.05) is 39.0 Å². The fourth-order valence-corrected chi connectivity index (χ4v) is 4.92. The van der Waals surface area contributed by atoms with E-state index in [9.17, 15) is 22.4 Å². The molecule has 6 nitrogen and oxygen atoms in total. The second kappa shape index (κ2) is 11.9. The SMILES string of the molecule is Cc1ccc(C(=O)Cc2ccc(CN3CCN(C)CC3)c(C(F)(F)F)c2)cc1C#Cc1cc(F)c2cnc(N)nc2c1. The molecule has 0 aliphatic carbocycles. The third-order valence-electron chi connectivity index (χ3n) is 7.40. The van der Waals surface area contributed by atoms with E-state index in [2.05, 4.69) is 26.7 Å². The van der Waals surface area contributed by atoms with Crippen LogP contribution in [-0.2, 0) is 19.1 Å². The Bertz CT molecular complexity index is 1720. The summed E-state index contributed by atoms with van der Waals surface area (Å²) < 4.78 is 56.5. The highest BCUT2D eigenvalue weighted by Gasteiger charge is 2.34. The highest BCUT2D eigenvalue weighted by atomic mass is 19.4. The van der Waals surface area contributed by atoms with E-state index >= 15 is 0 Å². The van der Waals surface area contributed by atoms with Crippen molar-refractivity contribution in [1.29, 1.82) is 0 Å². The third-order valence-corrected chi connectivity index (χ3v) is 7.40. The molecule has 0 amide bonds. The molecule has 42 heavy (non-hydrogen) atoms. The first-order valence-electron chi connectivity index (χ1n) is 13.4. The zero-order chi connectivity index (χ0) is 30.0. The van der Waals surface area contributed by atoms with Crippen molar-refractivity contribution in [3.05, 3.63) is 99.5 Å². The Morgan fingerprint density at radius 2 is 1.79 bits per heavy atom. The average Bonchev–Trinajstić information content (AvgIpc) is 2.93. The van der Waals surface area contributed by atoms with Crippen LogP contribution in [0.25, 0.3) is 10.9 Å². The van der Waals surface area contributed by atoms with Crippen LogP contribution in [0.2, 0.25) is 0 Å². The van der Waals surface area contributed by atoms with Crippen LogP contribution in [0, 0.1) is 24.6 Å². The first-order chi connectivity index (χ1) is 20.0. The smallest absolute Gasteiger partial charge is 0.368 e. The molecule has 3 aromatic carbocycles. The van der Waals surface area contributed by atoms with Crippen molar-refractivity contribution in [2.45, 2.75) is 26.1 Å². The van der Waals surface area contributed by atoms with Crippen LogP contribution in [0.3, 0.4) is 0 Å². The summed E-state index contributed by atoms with van der Waals surface area (Å²) in [6.45, 7) is 5.04. The summed E-state index contributed by atoms with van der Waals surface area (Å²) in [5, 5.41) is 0.222. The number of hydrogen-bond donors (Lipinski definition) is 1. The normalized spacial score (nSPS) is 14.5. The van der Waals surface area contributed by atoms with E-state index in [1.54, 1.807) is 30.3 Å². The fraction of sp³-hybridized carbons (Fsp3) is 0.281. The molecular formula is C32H29F4N5O. The largest absolute Gasteiger partial charge is 0.416 e. The lowest BCUT2D eigenvalue weighted by Gasteiger charge is -2.33. The van der Waals surface area contributed by atoms with Crippen LogP contribution in [-0.4, -0.2) is 58.8 Å². The van der Waals surface area contributed by atoms with Gasteiger partial charge in [-0.1, -0.05) is 36.1 Å². The zero-order valence-corrected chi connectivity index (χ0v) is 23.2. The van der Waals surface area contributed by atoms with E-state index in [1.807, 2.05) is 18.9 Å². The Morgan fingerprint density at radius 3 is 2.52 bits per heavy atom. The first kappa shape index (κ1) is 29.2. The summed E-state index contributed by atoms with van der Waals surface area (Å²) in [6.07, 6.45) is -3.42. The van der Waals surface area contributed by atoms with Gasteiger partial charge < -0.3 is 10.6 Å². The van der Waals surface area contributed by atoms with Crippen LogP contribution in [0.4, 0.5) is 23.5 Å². The van der Waals surface area contributed by atoms with Gasteiger partial charge in [0.25, 0.3) is 0 Å². The highest BCUT2D eigenvalue weighted by molar-refractivity contribution is 5.98. The molecule has 216 valence electrons. The molecule has 1 fully saturated rings. The molecule has 2 N–H and O–H groups in total. The van der Waals surface area contributed by atoms with Gasteiger partial charge in [0.05, 0.1) is 16.5 Å². The molecule has 0 radical (unpaired) electrons. The van der Waals surface area contributed by atoms with Crippen LogP contribution in [0.15, 0.2) is 54.7 Å². The Balaban J connectivity index is 1.36. The number of nitrogen functional groups attached to an aromatic ring is 1. The lowest BCUT2D eigenvalue weighted by atomic mass is 9.96. The second-order valence-corrected chi connectivity index (χ2v) is 10.6. The number of aromatic nitrogens is 2. The maximum Gasteiger partial charge on any atom is 0.416 e. The van der Waals surface area contributed by atoms with Gasteiger partial charge >= 0.3 is 6.18 Å². The van der Waals surface area contributed by atoms with E-state index in [4.69, 9.17) is 5.73 Å². The molecule has 0 saturated carbocycles. The minimum absolute atomic E-state index is 0.0149. The lowest BCUT2D eigenvalue weighted by molar-refractivity contribution is -0.138. The van der Waals surface area contributed by atoms with Gasteiger partial charge in [-0.15, -0.1) is 0 Å². The number of alkyl halides is 3. The van der Waals surface area contributed by atoms with Crippen molar-refractivity contribution in [3.8, 4) is 11.8 Å².